The fraction of sp³-hybridized carbons (Fsp3) is 0.480. The third-order valence-electron chi connectivity index (χ3n) is 5.63. The van der Waals surface area contributed by atoms with Crippen molar-refractivity contribution in [1.29, 1.82) is 0 Å². The summed E-state index contributed by atoms with van der Waals surface area (Å²) in [7, 11) is -2.49. The van der Waals surface area contributed by atoms with Crippen LogP contribution in [0.3, 0.4) is 0 Å². The number of rotatable bonds is 12. The van der Waals surface area contributed by atoms with Crippen molar-refractivity contribution in [1.82, 2.24) is 5.32 Å². The number of methoxy groups -OCH3 is 1. The second kappa shape index (κ2) is 11.9. The number of ether oxygens (including phenoxy) is 1. The molecule has 2 aromatic carbocycles. The molecule has 0 radical (unpaired) electrons. The minimum Gasteiger partial charge on any atom is -0.495 e. The van der Waals surface area contributed by atoms with Gasteiger partial charge in [0.15, 0.2) is 0 Å². The van der Waals surface area contributed by atoms with E-state index >= 15 is 0 Å². The summed E-state index contributed by atoms with van der Waals surface area (Å²) in [6.45, 7) is 8.25. The van der Waals surface area contributed by atoms with Crippen LogP contribution in [0.15, 0.2) is 47.4 Å². The highest BCUT2D eigenvalue weighted by Crippen LogP contribution is 2.33. The lowest BCUT2D eigenvalue weighted by Crippen LogP contribution is -2.42. The smallest absolute Gasteiger partial charge is 0.264 e. The third-order valence-corrected chi connectivity index (χ3v) is 7.40. The molecule has 0 aliphatic rings. The number of benzene rings is 2. The Morgan fingerprint density at radius 1 is 1.06 bits per heavy atom. The van der Waals surface area contributed by atoms with Crippen LogP contribution in [-0.2, 0) is 14.8 Å². The maximum atomic E-state index is 13.6. The van der Waals surface area contributed by atoms with Gasteiger partial charge in [0, 0.05) is 6.54 Å². The minimum atomic E-state index is -3.98. The van der Waals surface area contributed by atoms with Gasteiger partial charge in [-0.3, -0.25) is 9.10 Å². The lowest BCUT2D eigenvalue weighted by atomic mass is 9.99. The number of anilines is 1. The summed E-state index contributed by atoms with van der Waals surface area (Å²) < 4.78 is 33.7. The first-order valence-corrected chi connectivity index (χ1v) is 12.7. The zero-order chi connectivity index (χ0) is 23.7. The number of unbranched alkanes of at least 4 members (excludes halogenated alkanes) is 1. The van der Waals surface area contributed by atoms with Gasteiger partial charge in [0.05, 0.1) is 17.7 Å². The molecule has 176 valence electrons. The Labute approximate surface area is 193 Å². The highest BCUT2D eigenvalue weighted by Gasteiger charge is 2.29. The molecule has 0 spiro atoms. The van der Waals surface area contributed by atoms with Crippen LogP contribution in [0.1, 0.15) is 50.7 Å². The summed E-state index contributed by atoms with van der Waals surface area (Å²) in [4.78, 5) is 13.0. The third kappa shape index (κ3) is 6.73. The normalized spacial score (nSPS) is 12.3. The summed E-state index contributed by atoms with van der Waals surface area (Å²) in [5, 5.41) is 2.94. The van der Waals surface area contributed by atoms with Crippen molar-refractivity contribution in [2.75, 3.05) is 24.5 Å². The highest BCUT2D eigenvalue weighted by molar-refractivity contribution is 7.92. The van der Waals surface area contributed by atoms with E-state index in [4.69, 9.17) is 4.74 Å². The van der Waals surface area contributed by atoms with Crippen LogP contribution < -0.4 is 14.4 Å². The fourth-order valence-electron chi connectivity index (χ4n) is 3.52. The molecule has 1 amide bonds. The van der Waals surface area contributed by atoms with E-state index in [1.54, 1.807) is 36.4 Å². The summed E-state index contributed by atoms with van der Waals surface area (Å²) in [6, 6.07) is 11.9. The number of carbonyl (C=O) groups excluding carboxylic acids is 1. The predicted octanol–water partition coefficient (Wildman–Crippen LogP) is 4.84. The molecule has 1 N–H and O–H groups in total. The number of amides is 1. The van der Waals surface area contributed by atoms with E-state index in [-0.39, 0.29) is 17.3 Å². The van der Waals surface area contributed by atoms with Crippen molar-refractivity contribution >= 4 is 21.6 Å². The Morgan fingerprint density at radius 3 is 2.31 bits per heavy atom. The molecule has 0 bridgehead atoms. The molecule has 0 aliphatic heterocycles. The first-order valence-electron chi connectivity index (χ1n) is 11.2. The molecule has 0 heterocycles. The number of nitrogens with one attached hydrogen (secondary N) is 1. The molecular weight excluding hydrogens is 424 g/mol. The molecule has 0 unspecified atom stereocenters. The molecule has 0 saturated heterocycles. The van der Waals surface area contributed by atoms with E-state index < -0.39 is 10.0 Å². The lowest BCUT2D eigenvalue weighted by Gasteiger charge is -2.26. The van der Waals surface area contributed by atoms with Crippen molar-refractivity contribution in [3.8, 4) is 5.75 Å². The largest absolute Gasteiger partial charge is 0.495 e. The van der Waals surface area contributed by atoms with Crippen molar-refractivity contribution in [2.45, 2.75) is 58.3 Å². The molecule has 6 nitrogen and oxygen atoms in total. The van der Waals surface area contributed by atoms with Crippen LogP contribution in [0.4, 0.5) is 5.69 Å². The van der Waals surface area contributed by atoms with Crippen LogP contribution in [0.2, 0.25) is 0 Å². The van der Waals surface area contributed by atoms with Crippen molar-refractivity contribution in [3.05, 3.63) is 53.6 Å². The average Bonchev–Trinajstić information content (AvgIpc) is 2.77. The molecule has 1 atom stereocenters. The summed E-state index contributed by atoms with van der Waals surface area (Å²) in [5.74, 6) is 0.447. The van der Waals surface area contributed by atoms with Gasteiger partial charge in [-0.25, -0.2) is 8.42 Å². The van der Waals surface area contributed by atoms with Gasteiger partial charge in [-0.05, 0) is 56.0 Å². The van der Waals surface area contributed by atoms with Crippen LogP contribution >= 0.6 is 0 Å². The summed E-state index contributed by atoms with van der Waals surface area (Å²) in [6.07, 6.45) is 4.24. The van der Waals surface area contributed by atoms with Gasteiger partial charge < -0.3 is 10.1 Å². The van der Waals surface area contributed by atoms with E-state index in [1.807, 2.05) is 19.9 Å². The Kier molecular flexibility index (Phi) is 9.57. The Bertz CT molecular complexity index is 988. The molecule has 2 aromatic rings. The quantitative estimate of drug-likeness (QED) is 0.492. The van der Waals surface area contributed by atoms with E-state index in [0.717, 1.165) is 41.1 Å². The van der Waals surface area contributed by atoms with Crippen LogP contribution in [0.5, 0.6) is 5.75 Å². The second-order valence-corrected chi connectivity index (χ2v) is 10.1. The molecule has 0 aromatic heterocycles. The van der Waals surface area contributed by atoms with Gasteiger partial charge in [0.2, 0.25) is 5.91 Å². The van der Waals surface area contributed by atoms with Crippen LogP contribution in [-0.4, -0.2) is 34.5 Å². The number of nitrogens with zero attached hydrogens (tertiary/aromatic N) is 1. The van der Waals surface area contributed by atoms with E-state index in [2.05, 4.69) is 19.2 Å². The highest BCUT2D eigenvalue weighted by atomic mass is 32.2. The summed E-state index contributed by atoms with van der Waals surface area (Å²) in [5.41, 5.74) is 2.18. The van der Waals surface area contributed by atoms with Gasteiger partial charge in [-0.2, -0.15) is 0 Å². The summed E-state index contributed by atoms with van der Waals surface area (Å²) >= 11 is 0. The lowest BCUT2D eigenvalue weighted by molar-refractivity contribution is -0.119. The maximum absolute atomic E-state index is 13.6. The number of sulfonamides is 1. The molecule has 0 aliphatic carbocycles. The van der Waals surface area contributed by atoms with Gasteiger partial charge in [0.1, 0.15) is 12.3 Å². The molecule has 32 heavy (non-hydrogen) atoms. The number of hydrogen-bond acceptors (Lipinski definition) is 4. The number of aryl methyl sites for hydroxylation is 2. The van der Waals surface area contributed by atoms with Gasteiger partial charge in [-0.1, -0.05) is 56.9 Å². The number of hydrogen-bond donors (Lipinski definition) is 1. The zero-order valence-corrected chi connectivity index (χ0v) is 20.7. The minimum absolute atomic E-state index is 0.133. The Balaban J connectivity index is 2.36. The van der Waals surface area contributed by atoms with E-state index in [0.29, 0.717) is 23.9 Å². The first kappa shape index (κ1) is 25.7. The van der Waals surface area contributed by atoms with Crippen molar-refractivity contribution in [2.24, 2.45) is 5.92 Å². The van der Waals surface area contributed by atoms with E-state index in [9.17, 15) is 13.2 Å². The SMILES string of the molecule is CCCC[C@H](CC)CNC(=O)CN(c1cc(C)ccc1OC)S(=O)(=O)c1ccc(C)cc1. The van der Waals surface area contributed by atoms with Crippen molar-refractivity contribution < 1.29 is 17.9 Å². The second-order valence-electron chi connectivity index (χ2n) is 8.22. The van der Waals surface area contributed by atoms with Crippen LogP contribution in [0, 0.1) is 19.8 Å². The molecule has 7 heteroatoms. The van der Waals surface area contributed by atoms with Gasteiger partial charge in [-0.15, -0.1) is 0 Å². The Morgan fingerprint density at radius 2 is 1.72 bits per heavy atom. The first-order chi connectivity index (χ1) is 15.2. The monoisotopic (exact) mass is 460 g/mol. The predicted molar refractivity (Wildman–Crippen MR) is 130 cm³/mol. The van der Waals surface area contributed by atoms with Crippen LogP contribution in [0.25, 0.3) is 0 Å². The van der Waals surface area contributed by atoms with Gasteiger partial charge in [0.25, 0.3) is 10.0 Å². The molecular formula is C25H36N2O4S. The molecule has 0 saturated carbocycles. The number of carbonyl (C=O) groups is 1. The topological polar surface area (TPSA) is 75.7 Å². The zero-order valence-electron chi connectivity index (χ0n) is 19.8. The Hall–Kier alpha value is -2.54. The van der Waals surface area contributed by atoms with Crippen molar-refractivity contribution in [3.63, 3.8) is 0 Å². The average molecular weight is 461 g/mol. The molecule has 2 rings (SSSR count). The van der Waals surface area contributed by atoms with Gasteiger partial charge >= 0.3 is 0 Å². The maximum Gasteiger partial charge on any atom is 0.264 e. The fourth-order valence-corrected chi connectivity index (χ4v) is 4.94. The standard InChI is InChI=1S/C25H36N2O4S/c1-6-8-9-21(7-2)17-26-25(28)18-27(23-16-20(4)12-15-24(23)31-5)32(29,30)22-13-10-19(3)11-14-22/h10-16,21H,6-9,17-18H2,1-5H3,(H,26,28)/t21-/m0/s1. The van der Waals surface area contributed by atoms with E-state index in [1.165, 1.54) is 7.11 Å². The molecule has 0 fully saturated rings.